The predicted octanol–water partition coefficient (Wildman–Crippen LogP) is -6.75. The number of carbonyl (C=O) groups excluding carboxylic acids is 2. The van der Waals surface area contributed by atoms with Gasteiger partial charge in [0.05, 0.1) is 6.61 Å². The first kappa shape index (κ1) is 22.2. The number of aldehydes is 1. The third kappa shape index (κ3) is 8.94. The van der Waals surface area contributed by atoms with Gasteiger partial charge in [-0.2, -0.15) is 0 Å². The van der Waals surface area contributed by atoms with E-state index < -0.39 is 47.3 Å². The second-order valence-electron chi connectivity index (χ2n) is 3.60. The molecule has 0 bridgehead atoms. The van der Waals surface area contributed by atoms with Crippen LogP contribution in [0.25, 0.3) is 0 Å². The maximum atomic E-state index is 10.7. The van der Waals surface area contributed by atoms with Gasteiger partial charge in [0.1, 0.15) is 30.6 Å². The van der Waals surface area contributed by atoms with Gasteiger partial charge in [0.15, 0.2) is 0 Å². The van der Waals surface area contributed by atoms with Gasteiger partial charge in [0, 0.05) is 6.92 Å². The van der Waals surface area contributed by atoms with Crippen LogP contribution in [0.15, 0.2) is 0 Å². The zero-order valence-corrected chi connectivity index (χ0v) is 13.6. The average Bonchev–Trinajstić information content (AvgIpc) is 2.29. The van der Waals surface area contributed by atoms with Crippen LogP contribution in [-0.4, -0.2) is 71.4 Å². The van der Waals surface area contributed by atoms with Crippen molar-refractivity contribution < 1.29 is 71.6 Å². The van der Waals surface area contributed by atoms with Crippen LogP contribution in [0.2, 0.25) is 0 Å². The largest absolute Gasteiger partial charge is 1.00 e. The van der Waals surface area contributed by atoms with Gasteiger partial charge in [-0.1, -0.05) is 0 Å². The predicted molar refractivity (Wildman–Crippen MR) is 57.3 cm³/mol. The third-order valence-electron chi connectivity index (χ3n) is 2.01. The first-order valence-electron chi connectivity index (χ1n) is 4.95. The van der Waals surface area contributed by atoms with Crippen LogP contribution in [0.4, 0.5) is 0 Å². The Morgan fingerprint density at radius 3 is 2.20 bits per heavy atom. The number of carbonyl (C=O) groups is 2. The van der Waals surface area contributed by atoms with E-state index in [2.05, 4.69) is 4.18 Å². The molecule has 112 valence electrons. The topological polar surface area (TPSA) is 173 Å². The molecule has 20 heavy (non-hydrogen) atoms. The van der Waals surface area contributed by atoms with Crippen molar-refractivity contribution in [1.29, 1.82) is 0 Å². The molecule has 0 saturated carbocycles. The maximum Gasteiger partial charge on any atom is 1.00 e. The molecule has 0 aromatic heterocycles. The number of hydrogen-bond acceptors (Lipinski definition) is 9. The van der Waals surface area contributed by atoms with E-state index in [9.17, 15) is 37.9 Å². The Labute approximate surface area is 137 Å². The fraction of sp³-hybridized carbons (Fsp3) is 0.750. The molecule has 0 aliphatic rings. The molecule has 0 heterocycles. The number of amides is 1. The summed E-state index contributed by atoms with van der Waals surface area (Å²) in [5.74, 6) is -0.670. The van der Waals surface area contributed by atoms with E-state index in [1.807, 2.05) is 5.32 Å². The van der Waals surface area contributed by atoms with E-state index in [0.29, 0.717) is 0 Å². The van der Waals surface area contributed by atoms with Gasteiger partial charge >= 0.3 is 29.6 Å². The Morgan fingerprint density at radius 2 is 1.85 bits per heavy atom. The molecule has 0 spiro atoms. The van der Waals surface area contributed by atoms with Gasteiger partial charge < -0.3 is 30.0 Å². The van der Waals surface area contributed by atoms with Gasteiger partial charge in [-0.05, 0) is 0 Å². The van der Waals surface area contributed by atoms with Crippen LogP contribution < -0.4 is 34.9 Å². The molecule has 0 aromatic carbocycles. The number of rotatable bonds is 8. The summed E-state index contributed by atoms with van der Waals surface area (Å²) in [5.41, 5.74) is 0. The van der Waals surface area contributed by atoms with Gasteiger partial charge in [-0.25, -0.2) is 8.42 Å². The van der Waals surface area contributed by atoms with Crippen LogP contribution >= 0.6 is 0 Å². The Morgan fingerprint density at radius 1 is 1.35 bits per heavy atom. The number of nitrogens with one attached hydrogen (secondary N) is 1. The molecule has 1 amide bonds. The molecule has 0 fully saturated rings. The normalized spacial score (nSPS) is 17.2. The minimum atomic E-state index is -5.07. The van der Waals surface area contributed by atoms with Crippen molar-refractivity contribution in [3.05, 3.63) is 0 Å². The summed E-state index contributed by atoms with van der Waals surface area (Å²) in [6.45, 7) is -0.0468. The minimum Gasteiger partial charge on any atom is -0.726 e. The first-order valence-corrected chi connectivity index (χ1v) is 6.28. The van der Waals surface area contributed by atoms with E-state index in [1.54, 1.807) is 0 Å². The molecule has 0 aliphatic carbocycles. The average molecular weight is 323 g/mol. The second-order valence-corrected chi connectivity index (χ2v) is 4.66. The van der Waals surface area contributed by atoms with E-state index in [1.165, 1.54) is 0 Å². The Hall–Kier alpha value is -0.110. The number of hydrogen-bond donors (Lipinski definition) is 4. The summed E-state index contributed by atoms with van der Waals surface area (Å²) in [5, 5.41) is 30.1. The van der Waals surface area contributed by atoms with Crippen LogP contribution in [0.5, 0.6) is 0 Å². The molecular formula is C8H14NNaO9S. The van der Waals surface area contributed by atoms with E-state index in [-0.39, 0.29) is 35.8 Å². The summed E-state index contributed by atoms with van der Waals surface area (Å²) in [4.78, 5) is 21.3. The molecule has 4 atom stereocenters. The summed E-state index contributed by atoms with van der Waals surface area (Å²) in [7, 11) is -5.07. The molecule has 0 saturated heterocycles. The SMILES string of the molecule is CC(=O)NC(C=O)C(O)C(O)C(O)COS(=O)(=O)[O-].[Na+]. The Bertz CT molecular complexity index is 414. The second kappa shape index (κ2) is 9.76. The summed E-state index contributed by atoms with van der Waals surface area (Å²) < 4.78 is 34.0. The summed E-state index contributed by atoms with van der Waals surface area (Å²) in [6, 6.07) is -1.51. The Kier molecular flexibility index (Phi) is 10.8. The first-order chi connectivity index (χ1) is 8.58. The molecule has 0 aromatic rings. The molecule has 12 heteroatoms. The molecule has 4 unspecified atom stereocenters. The van der Waals surface area contributed by atoms with Crippen molar-refractivity contribution in [3.8, 4) is 0 Å². The maximum absolute atomic E-state index is 10.7. The van der Waals surface area contributed by atoms with Gasteiger partial charge in [-0.3, -0.25) is 8.98 Å². The van der Waals surface area contributed by atoms with Gasteiger partial charge in [0.25, 0.3) is 0 Å². The quantitative estimate of drug-likeness (QED) is 0.146. The monoisotopic (exact) mass is 323 g/mol. The fourth-order valence-corrected chi connectivity index (χ4v) is 1.43. The van der Waals surface area contributed by atoms with Gasteiger partial charge in [-0.15, -0.1) is 0 Å². The number of aliphatic hydroxyl groups excluding tert-OH is 3. The molecule has 0 aliphatic heterocycles. The third-order valence-corrected chi connectivity index (χ3v) is 2.44. The smallest absolute Gasteiger partial charge is 0.726 e. The standard InChI is InChI=1S/C8H15NO9S.Na/c1-4(11)9-5(2-10)7(13)8(14)6(12)3-18-19(15,16)17;/h2,5-8,12-14H,3H2,1H3,(H,9,11)(H,15,16,17);/q;+1/p-1. The minimum absolute atomic E-state index is 0. The zero-order valence-electron chi connectivity index (χ0n) is 10.8. The van der Waals surface area contributed by atoms with Crippen molar-refractivity contribution in [2.45, 2.75) is 31.3 Å². The van der Waals surface area contributed by atoms with Crippen molar-refractivity contribution in [3.63, 3.8) is 0 Å². The summed E-state index contributed by atoms with van der Waals surface area (Å²) >= 11 is 0. The Balaban J connectivity index is 0. The van der Waals surface area contributed by atoms with Crippen molar-refractivity contribution >= 4 is 22.6 Å². The van der Waals surface area contributed by atoms with E-state index >= 15 is 0 Å². The van der Waals surface area contributed by atoms with E-state index in [4.69, 9.17) is 0 Å². The number of aliphatic hydroxyl groups is 3. The fourth-order valence-electron chi connectivity index (χ4n) is 1.13. The molecular weight excluding hydrogens is 309 g/mol. The van der Waals surface area contributed by atoms with E-state index in [0.717, 1.165) is 6.92 Å². The van der Waals surface area contributed by atoms with Crippen molar-refractivity contribution in [1.82, 2.24) is 5.32 Å². The zero-order chi connectivity index (χ0) is 15.2. The molecule has 0 radical (unpaired) electrons. The molecule has 0 rings (SSSR count). The van der Waals surface area contributed by atoms with Crippen molar-refractivity contribution in [2.24, 2.45) is 0 Å². The van der Waals surface area contributed by atoms with Gasteiger partial charge in [0.2, 0.25) is 16.3 Å². The van der Waals surface area contributed by atoms with Crippen molar-refractivity contribution in [2.75, 3.05) is 6.61 Å². The molecule has 4 N–H and O–H groups in total. The molecule has 10 nitrogen and oxygen atoms in total. The van der Waals surface area contributed by atoms with Crippen LogP contribution in [0.3, 0.4) is 0 Å². The summed E-state index contributed by atoms with van der Waals surface area (Å²) in [6.07, 6.45) is -5.75. The van der Waals surface area contributed by atoms with Crippen LogP contribution in [-0.2, 0) is 24.2 Å². The van der Waals surface area contributed by atoms with Crippen LogP contribution in [0.1, 0.15) is 6.92 Å². The van der Waals surface area contributed by atoms with Crippen LogP contribution in [0, 0.1) is 0 Å².